The van der Waals surface area contributed by atoms with Crippen molar-refractivity contribution < 1.29 is 28.3 Å². The van der Waals surface area contributed by atoms with Crippen LogP contribution in [0.4, 0.5) is 5.00 Å². The maximum absolute atomic E-state index is 12.2. The summed E-state index contributed by atoms with van der Waals surface area (Å²) >= 11 is 0.979. The minimum absolute atomic E-state index is 0.00741. The molecule has 0 saturated carbocycles. The van der Waals surface area contributed by atoms with Crippen molar-refractivity contribution in [3.05, 3.63) is 40.2 Å². The van der Waals surface area contributed by atoms with E-state index in [0.717, 1.165) is 11.3 Å². The molecule has 0 saturated heterocycles. The maximum Gasteiger partial charge on any atom is 0.348 e. The standard InChI is InChI=1S/C17H20N2O6S/c1-4-24-16(21)13-10(2)14(17(22)23-3)26-15(13)19-12(20)9-18-8-11-6-5-7-25-11/h5-7,18H,4,8-9H2,1-3H3,(H,19,20). The van der Waals surface area contributed by atoms with Gasteiger partial charge in [-0.25, -0.2) is 9.59 Å². The number of hydrogen-bond acceptors (Lipinski definition) is 8. The van der Waals surface area contributed by atoms with Crippen molar-refractivity contribution >= 4 is 34.2 Å². The zero-order valence-electron chi connectivity index (χ0n) is 14.7. The number of ether oxygens (including phenoxy) is 2. The molecule has 0 aliphatic rings. The van der Waals surface area contributed by atoms with Crippen LogP contribution < -0.4 is 10.6 Å². The van der Waals surface area contributed by atoms with E-state index in [1.807, 2.05) is 0 Å². The highest BCUT2D eigenvalue weighted by atomic mass is 32.1. The van der Waals surface area contributed by atoms with Crippen molar-refractivity contribution in [3.63, 3.8) is 0 Å². The monoisotopic (exact) mass is 380 g/mol. The molecule has 0 aromatic carbocycles. The second-order valence-corrected chi connectivity index (χ2v) is 6.22. The fourth-order valence-corrected chi connectivity index (χ4v) is 3.35. The molecule has 0 aliphatic heterocycles. The lowest BCUT2D eigenvalue weighted by molar-refractivity contribution is -0.115. The molecule has 2 rings (SSSR count). The molecule has 0 spiro atoms. The van der Waals surface area contributed by atoms with Gasteiger partial charge in [0.1, 0.15) is 15.6 Å². The number of hydrogen-bond donors (Lipinski definition) is 2. The van der Waals surface area contributed by atoms with E-state index < -0.39 is 11.9 Å². The van der Waals surface area contributed by atoms with Gasteiger partial charge in [0, 0.05) is 0 Å². The van der Waals surface area contributed by atoms with Crippen LogP contribution in [0.5, 0.6) is 0 Å². The Balaban J connectivity index is 2.11. The highest BCUT2D eigenvalue weighted by Gasteiger charge is 2.26. The van der Waals surface area contributed by atoms with Crippen LogP contribution in [0.25, 0.3) is 0 Å². The Morgan fingerprint density at radius 3 is 2.65 bits per heavy atom. The van der Waals surface area contributed by atoms with Crippen molar-refractivity contribution in [1.29, 1.82) is 0 Å². The molecule has 0 bridgehead atoms. The van der Waals surface area contributed by atoms with E-state index in [1.165, 1.54) is 7.11 Å². The number of furan rings is 1. The molecule has 2 heterocycles. The van der Waals surface area contributed by atoms with Gasteiger partial charge in [0.15, 0.2) is 0 Å². The number of esters is 2. The fraction of sp³-hybridized carbons (Fsp3) is 0.353. The minimum Gasteiger partial charge on any atom is -0.468 e. The largest absolute Gasteiger partial charge is 0.468 e. The lowest BCUT2D eigenvalue weighted by Gasteiger charge is -2.07. The molecule has 0 aliphatic carbocycles. The van der Waals surface area contributed by atoms with Gasteiger partial charge in [0.25, 0.3) is 0 Å². The number of carbonyl (C=O) groups excluding carboxylic acids is 3. The molecule has 0 unspecified atom stereocenters. The predicted molar refractivity (Wildman–Crippen MR) is 95.4 cm³/mol. The van der Waals surface area contributed by atoms with Gasteiger partial charge < -0.3 is 24.5 Å². The number of carbonyl (C=O) groups is 3. The molecule has 2 aromatic heterocycles. The third-order valence-corrected chi connectivity index (χ3v) is 4.60. The molecular weight excluding hydrogens is 360 g/mol. The highest BCUT2D eigenvalue weighted by molar-refractivity contribution is 7.18. The van der Waals surface area contributed by atoms with Crippen LogP contribution in [-0.2, 0) is 20.8 Å². The van der Waals surface area contributed by atoms with Crippen LogP contribution >= 0.6 is 11.3 Å². The van der Waals surface area contributed by atoms with Crippen LogP contribution in [0.3, 0.4) is 0 Å². The van der Waals surface area contributed by atoms with Crippen LogP contribution in [0.15, 0.2) is 22.8 Å². The second-order valence-electron chi connectivity index (χ2n) is 5.20. The summed E-state index contributed by atoms with van der Waals surface area (Å²) in [6, 6.07) is 3.54. The molecule has 26 heavy (non-hydrogen) atoms. The van der Waals surface area contributed by atoms with Crippen molar-refractivity contribution in [2.75, 3.05) is 25.6 Å². The predicted octanol–water partition coefficient (Wildman–Crippen LogP) is 2.34. The van der Waals surface area contributed by atoms with Gasteiger partial charge in [-0.2, -0.15) is 0 Å². The molecule has 9 heteroatoms. The summed E-state index contributed by atoms with van der Waals surface area (Å²) in [6.07, 6.45) is 1.55. The number of thiophene rings is 1. The van der Waals surface area contributed by atoms with Gasteiger partial charge in [-0.1, -0.05) is 0 Å². The number of rotatable bonds is 8. The molecule has 140 valence electrons. The normalized spacial score (nSPS) is 10.4. The summed E-state index contributed by atoms with van der Waals surface area (Å²) in [4.78, 5) is 36.5. The number of methoxy groups -OCH3 is 1. The average molecular weight is 380 g/mol. The summed E-state index contributed by atoms with van der Waals surface area (Å²) < 4.78 is 14.9. The van der Waals surface area contributed by atoms with E-state index in [2.05, 4.69) is 10.6 Å². The summed E-state index contributed by atoms with van der Waals surface area (Å²) in [5.74, 6) is -0.838. The molecule has 0 radical (unpaired) electrons. The Bertz CT molecular complexity index is 782. The molecule has 2 aromatic rings. The third-order valence-electron chi connectivity index (χ3n) is 3.41. The first-order chi connectivity index (χ1) is 12.5. The van der Waals surface area contributed by atoms with Gasteiger partial charge in [0.05, 0.1) is 38.6 Å². The Morgan fingerprint density at radius 2 is 2.04 bits per heavy atom. The first kappa shape index (κ1) is 19.7. The van der Waals surface area contributed by atoms with Crippen LogP contribution in [0.1, 0.15) is 38.3 Å². The molecule has 1 amide bonds. The van der Waals surface area contributed by atoms with E-state index in [-0.39, 0.29) is 34.5 Å². The maximum atomic E-state index is 12.2. The Morgan fingerprint density at radius 1 is 1.27 bits per heavy atom. The minimum atomic E-state index is -0.602. The van der Waals surface area contributed by atoms with E-state index in [9.17, 15) is 14.4 Å². The van der Waals surface area contributed by atoms with E-state index in [0.29, 0.717) is 17.9 Å². The number of amides is 1. The Hall–Kier alpha value is -2.65. The second kappa shape index (κ2) is 9.16. The van der Waals surface area contributed by atoms with Crippen molar-refractivity contribution in [3.8, 4) is 0 Å². The summed E-state index contributed by atoms with van der Waals surface area (Å²) in [5, 5.41) is 5.83. The molecule has 8 nitrogen and oxygen atoms in total. The zero-order valence-corrected chi connectivity index (χ0v) is 15.5. The summed E-state index contributed by atoms with van der Waals surface area (Å²) in [6.45, 7) is 3.87. The lowest BCUT2D eigenvalue weighted by atomic mass is 10.1. The first-order valence-corrected chi connectivity index (χ1v) is 8.71. The van der Waals surface area contributed by atoms with Crippen LogP contribution in [0.2, 0.25) is 0 Å². The van der Waals surface area contributed by atoms with E-state index in [4.69, 9.17) is 13.9 Å². The highest BCUT2D eigenvalue weighted by Crippen LogP contribution is 2.34. The number of nitrogens with one attached hydrogen (secondary N) is 2. The Kier molecular flexibility index (Phi) is 6.93. The first-order valence-electron chi connectivity index (χ1n) is 7.89. The van der Waals surface area contributed by atoms with Crippen LogP contribution in [0, 0.1) is 6.92 Å². The van der Waals surface area contributed by atoms with Gasteiger partial charge >= 0.3 is 11.9 Å². The van der Waals surface area contributed by atoms with Crippen molar-refractivity contribution in [2.24, 2.45) is 0 Å². The fourth-order valence-electron chi connectivity index (χ4n) is 2.22. The van der Waals surface area contributed by atoms with Gasteiger partial charge in [-0.05, 0) is 31.5 Å². The zero-order chi connectivity index (χ0) is 19.1. The quantitative estimate of drug-likeness (QED) is 0.677. The summed E-state index contributed by atoms with van der Waals surface area (Å²) in [7, 11) is 1.25. The smallest absolute Gasteiger partial charge is 0.348 e. The summed E-state index contributed by atoms with van der Waals surface area (Å²) in [5.41, 5.74) is 0.579. The third kappa shape index (κ3) is 4.70. The Labute approximate surface area is 154 Å². The van der Waals surface area contributed by atoms with E-state index in [1.54, 1.807) is 32.2 Å². The van der Waals surface area contributed by atoms with Crippen LogP contribution in [-0.4, -0.2) is 38.1 Å². The van der Waals surface area contributed by atoms with E-state index >= 15 is 0 Å². The van der Waals surface area contributed by atoms with Crippen molar-refractivity contribution in [2.45, 2.75) is 20.4 Å². The SMILES string of the molecule is CCOC(=O)c1c(NC(=O)CNCc2ccco2)sc(C(=O)OC)c1C. The van der Waals surface area contributed by atoms with Gasteiger partial charge in [0.2, 0.25) is 5.91 Å². The van der Waals surface area contributed by atoms with Gasteiger partial charge in [-0.15, -0.1) is 11.3 Å². The lowest BCUT2D eigenvalue weighted by Crippen LogP contribution is -2.28. The molecule has 2 N–H and O–H groups in total. The molecule has 0 fully saturated rings. The van der Waals surface area contributed by atoms with Gasteiger partial charge in [-0.3, -0.25) is 4.79 Å². The van der Waals surface area contributed by atoms with Crippen molar-refractivity contribution in [1.82, 2.24) is 5.32 Å². The molecular formula is C17H20N2O6S. The number of anilines is 1. The molecule has 0 atom stereocenters. The average Bonchev–Trinajstić information content (AvgIpc) is 3.22. The topological polar surface area (TPSA) is 107 Å².